The van der Waals surface area contributed by atoms with E-state index in [1.807, 2.05) is 32.0 Å². The lowest BCUT2D eigenvalue weighted by Crippen LogP contribution is -2.45. The van der Waals surface area contributed by atoms with Crippen molar-refractivity contribution >= 4 is 11.6 Å². The topological polar surface area (TPSA) is 120 Å². The highest BCUT2D eigenvalue weighted by atomic mass is 16.5. The van der Waals surface area contributed by atoms with Gasteiger partial charge in [0.05, 0.1) is 25.6 Å². The van der Waals surface area contributed by atoms with Crippen molar-refractivity contribution < 1.29 is 9.47 Å². The van der Waals surface area contributed by atoms with Gasteiger partial charge in [-0.1, -0.05) is 17.7 Å². The Labute approximate surface area is 204 Å². The highest BCUT2D eigenvalue weighted by Gasteiger charge is 2.26. The molecule has 184 valence electrons. The molecule has 0 aliphatic carbocycles. The fourth-order valence-electron chi connectivity index (χ4n) is 4.78. The van der Waals surface area contributed by atoms with Crippen molar-refractivity contribution in [1.29, 1.82) is 5.41 Å². The zero-order chi connectivity index (χ0) is 25.3. The maximum atomic E-state index is 13.8. The normalized spacial score (nSPS) is 12.7. The van der Waals surface area contributed by atoms with Crippen LogP contribution in [0.25, 0.3) is 11.3 Å². The number of hydrogen-bond acceptors (Lipinski definition) is 5. The molecule has 1 aromatic heterocycles. The van der Waals surface area contributed by atoms with Gasteiger partial charge in [-0.05, 0) is 62.1 Å². The first kappa shape index (κ1) is 24.1. The number of aromatic nitrogens is 2. The second-order valence-electron chi connectivity index (χ2n) is 8.76. The molecule has 0 saturated heterocycles. The average Bonchev–Trinajstić information content (AvgIpc) is 2.82. The van der Waals surface area contributed by atoms with Gasteiger partial charge in [-0.25, -0.2) is 9.79 Å². The van der Waals surface area contributed by atoms with E-state index in [1.54, 1.807) is 23.4 Å². The largest absolute Gasteiger partial charge is 0.497 e. The molecule has 3 aromatic rings. The van der Waals surface area contributed by atoms with Gasteiger partial charge < -0.3 is 20.5 Å². The van der Waals surface area contributed by atoms with Crippen molar-refractivity contribution in [3.63, 3.8) is 0 Å². The molecule has 9 heteroatoms. The Morgan fingerprint density at radius 1 is 1.14 bits per heavy atom. The Bertz CT molecular complexity index is 1410. The summed E-state index contributed by atoms with van der Waals surface area (Å²) >= 11 is 0. The number of methoxy groups -OCH3 is 2. The standard InChI is InChI=1S/C26H32N6O3/c1-15-12-16(2)21(17(3)13-15)30-24-23(35-5)22-20-7-6-19(34-4)14-18(20)8-10-31(22)26(33)32(24)11-9-29-25(27)28/h6-7,12-14H,8-11H2,1-5H3,(H4,27,28,29). The van der Waals surface area contributed by atoms with Gasteiger partial charge in [0.1, 0.15) is 5.75 Å². The minimum atomic E-state index is -0.186. The van der Waals surface area contributed by atoms with E-state index in [2.05, 4.69) is 24.4 Å². The molecule has 1 aliphatic heterocycles. The quantitative estimate of drug-likeness (QED) is 0.373. The first-order valence-corrected chi connectivity index (χ1v) is 11.5. The molecule has 35 heavy (non-hydrogen) atoms. The summed E-state index contributed by atoms with van der Waals surface area (Å²) in [5.74, 6) is 1.15. The fourth-order valence-corrected chi connectivity index (χ4v) is 4.78. The minimum absolute atomic E-state index is 0.151. The molecule has 0 saturated carbocycles. The van der Waals surface area contributed by atoms with E-state index in [4.69, 9.17) is 25.6 Å². The molecule has 0 amide bonds. The molecule has 0 spiro atoms. The number of nitrogens with two attached hydrogens (primary N) is 1. The Hall–Kier alpha value is -4.01. The predicted molar refractivity (Wildman–Crippen MR) is 137 cm³/mol. The minimum Gasteiger partial charge on any atom is -0.497 e. The molecule has 0 unspecified atom stereocenters. The molecule has 0 bridgehead atoms. The van der Waals surface area contributed by atoms with Gasteiger partial charge in [0, 0.05) is 25.2 Å². The number of ether oxygens (including phenoxy) is 2. The van der Waals surface area contributed by atoms with E-state index in [-0.39, 0.29) is 18.2 Å². The Balaban J connectivity index is 2.06. The fraction of sp³-hybridized carbons (Fsp3) is 0.346. The highest BCUT2D eigenvalue weighted by Crippen LogP contribution is 2.35. The molecular weight excluding hydrogens is 444 g/mol. The summed E-state index contributed by atoms with van der Waals surface area (Å²) < 4.78 is 14.7. The SMILES string of the molecule is COc1ccc2c(c1)CCn1c-2c(OC)c(=Nc2c(C)cc(C)cc2C)n(CCNC(=N)N)c1=O. The second kappa shape index (κ2) is 9.69. The van der Waals surface area contributed by atoms with Crippen LogP contribution in [0.5, 0.6) is 11.5 Å². The number of guanidine groups is 1. The Morgan fingerprint density at radius 2 is 1.86 bits per heavy atom. The maximum absolute atomic E-state index is 13.8. The third-order valence-corrected chi connectivity index (χ3v) is 6.29. The van der Waals surface area contributed by atoms with Crippen LogP contribution in [-0.4, -0.2) is 35.9 Å². The van der Waals surface area contributed by atoms with Crippen LogP contribution in [-0.2, 0) is 19.5 Å². The molecular formula is C26H32N6O3. The molecule has 0 fully saturated rings. The molecule has 4 rings (SSSR count). The number of fused-ring (bicyclic) bond motifs is 3. The third kappa shape index (κ3) is 4.53. The number of benzene rings is 2. The predicted octanol–water partition coefficient (Wildman–Crippen LogP) is 2.53. The third-order valence-electron chi connectivity index (χ3n) is 6.29. The maximum Gasteiger partial charge on any atom is 0.330 e. The Kier molecular flexibility index (Phi) is 6.68. The Morgan fingerprint density at radius 3 is 2.49 bits per heavy atom. The second-order valence-corrected chi connectivity index (χ2v) is 8.76. The van der Waals surface area contributed by atoms with Gasteiger partial charge in [0.2, 0.25) is 0 Å². The first-order valence-electron chi connectivity index (χ1n) is 11.5. The lowest BCUT2D eigenvalue weighted by Gasteiger charge is -2.26. The summed E-state index contributed by atoms with van der Waals surface area (Å²) in [6, 6.07) is 10.0. The number of aryl methyl sites for hydroxylation is 4. The van der Waals surface area contributed by atoms with E-state index >= 15 is 0 Å². The molecule has 4 N–H and O–H groups in total. The zero-order valence-corrected chi connectivity index (χ0v) is 20.9. The summed E-state index contributed by atoms with van der Waals surface area (Å²) in [5.41, 5.74) is 12.4. The van der Waals surface area contributed by atoms with Gasteiger partial charge in [-0.15, -0.1) is 0 Å². The van der Waals surface area contributed by atoms with Crippen LogP contribution in [0.2, 0.25) is 0 Å². The van der Waals surface area contributed by atoms with Crippen LogP contribution in [0.3, 0.4) is 0 Å². The highest BCUT2D eigenvalue weighted by molar-refractivity contribution is 5.74. The van der Waals surface area contributed by atoms with Crippen molar-refractivity contribution in [2.24, 2.45) is 10.7 Å². The van der Waals surface area contributed by atoms with E-state index in [0.717, 1.165) is 39.3 Å². The molecule has 2 aromatic carbocycles. The van der Waals surface area contributed by atoms with Gasteiger partial charge in [-0.3, -0.25) is 14.5 Å². The number of rotatable bonds is 6. The van der Waals surface area contributed by atoms with Crippen molar-refractivity contribution in [1.82, 2.24) is 14.5 Å². The summed E-state index contributed by atoms with van der Waals surface area (Å²) in [4.78, 5) is 18.8. The average molecular weight is 477 g/mol. The van der Waals surface area contributed by atoms with Crippen LogP contribution in [0, 0.1) is 26.2 Å². The summed E-state index contributed by atoms with van der Waals surface area (Å²) in [7, 11) is 3.25. The zero-order valence-electron chi connectivity index (χ0n) is 20.9. The van der Waals surface area contributed by atoms with Gasteiger partial charge in [0.15, 0.2) is 17.2 Å². The van der Waals surface area contributed by atoms with E-state index < -0.39 is 0 Å². The summed E-state index contributed by atoms with van der Waals surface area (Å²) in [5, 5.41) is 10.3. The van der Waals surface area contributed by atoms with Crippen molar-refractivity contribution in [3.05, 3.63) is 68.6 Å². The van der Waals surface area contributed by atoms with Crippen LogP contribution in [0.1, 0.15) is 22.3 Å². The van der Waals surface area contributed by atoms with Crippen molar-refractivity contribution in [2.75, 3.05) is 20.8 Å². The lowest BCUT2D eigenvalue weighted by molar-refractivity contribution is 0.386. The number of nitrogens with zero attached hydrogens (tertiary/aromatic N) is 3. The van der Waals surface area contributed by atoms with Crippen LogP contribution in [0.15, 0.2) is 40.1 Å². The summed E-state index contributed by atoms with van der Waals surface area (Å²) in [6.45, 7) is 7.16. The monoisotopic (exact) mass is 476 g/mol. The van der Waals surface area contributed by atoms with Gasteiger partial charge in [0.25, 0.3) is 0 Å². The molecule has 0 radical (unpaired) electrons. The van der Waals surface area contributed by atoms with E-state index in [1.165, 1.54) is 0 Å². The molecule has 0 atom stereocenters. The first-order chi connectivity index (χ1) is 16.7. The van der Waals surface area contributed by atoms with E-state index in [9.17, 15) is 4.79 Å². The summed E-state index contributed by atoms with van der Waals surface area (Å²) in [6.07, 6.45) is 0.695. The smallest absolute Gasteiger partial charge is 0.330 e. The molecule has 1 aliphatic rings. The van der Waals surface area contributed by atoms with Crippen molar-refractivity contribution in [3.8, 4) is 22.8 Å². The van der Waals surface area contributed by atoms with Crippen LogP contribution in [0.4, 0.5) is 5.69 Å². The molecule has 2 heterocycles. The lowest BCUT2D eigenvalue weighted by atomic mass is 9.97. The van der Waals surface area contributed by atoms with Gasteiger partial charge >= 0.3 is 5.69 Å². The van der Waals surface area contributed by atoms with Gasteiger partial charge in [-0.2, -0.15) is 0 Å². The van der Waals surface area contributed by atoms with Crippen LogP contribution >= 0.6 is 0 Å². The van der Waals surface area contributed by atoms with Crippen molar-refractivity contribution in [2.45, 2.75) is 40.3 Å². The molecule has 9 nitrogen and oxygen atoms in total. The van der Waals surface area contributed by atoms with E-state index in [0.29, 0.717) is 36.4 Å². The van der Waals surface area contributed by atoms with Crippen LogP contribution < -0.4 is 31.7 Å². The number of hydrogen-bond donors (Lipinski definition) is 3. The number of nitrogens with one attached hydrogen (secondary N) is 2.